The molecule has 4 heteroatoms. The number of aliphatic imine (C=N–C) groups is 2. The van der Waals surface area contributed by atoms with Crippen LogP contribution in [-0.4, -0.2) is 24.9 Å². The predicted octanol–water partition coefficient (Wildman–Crippen LogP) is 1.07. The molecule has 0 aliphatic rings. The Morgan fingerprint density at radius 2 is 1.91 bits per heavy atom. The Bertz CT molecular complexity index is 158. The number of hydrogen-bond acceptors (Lipinski definition) is 2. The van der Waals surface area contributed by atoms with E-state index in [-0.39, 0.29) is 5.84 Å². The van der Waals surface area contributed by atoms with Gasteiger partial charge in [-0.2, -0.15) is 0 Å². The Morgan fingerprint density at radius 1 is 1.45 bits per heavy atom. The lowest BCUT2D eigenvalue weighted by Gasteiger charge is -1.85. The second-order valence-electron chi connectivity index (χ2n) is 1.49. The van der Waals surface area contributed by atoms with Gasteiger partial charge in [-0.25, -0.2) is 4.99 Å². The molecule has 3 N–H and O–H groups in total. The SMILES string of the molecule is CC.CN=C(N)C=NC(C)=N. The number of nitrogens with two attached hydrogens (primary N) is 1. The average Bonchev–Trinajstić information content (AvgIpc) is 2.04. The monoisotopic (exact) mass is 156 g/mol. The van der Waals surface area contributed by atoms with Gasteiger partial charge in [0.05, 0.1) is 6.21 Å². The van der Waals surface area contributed by atoms with Crippen LogP contribution in [0.15, 0.2) is 9.98 Å². The van der Waals surface area contributed by atoms with Crippen LogP contribution in [0.5, 0.6) is 0 Å². The molecule has 0 aliphatic heterocycles. The molecular weight excluding hydrogens is 140 g/mol. The molecule has 0 atom stereocenters. The van der Waals surface area contributed by atoms with Gasteiger partial charge in [0.15, 0.2) is 0 Å². The molecule has 11 heavy (non-hydrogen) atoms. The summed E-state index contributed by atoms with van der Waals surface area (Å²) < 4.78 is 0. The maximum Gasteiger partial charge on any atom is 0.136 e. The molecule has 0 amide bonds. The van der Waals surface area contributed by atoms with Crippen molar-refractivity contribution in [3.63, 3.8) is 0 Å². The molecular formula is C7H16N4. The van der Waals surface area contributed by atoms with E-state index in [9.17, 15) is 0 Å². The molecule has 0 rings (SSSR count). The van der Waals surface area contributed by atoms with Crippen LogP contribution >= 0.6 is 0 Å². The van der Waals surface area contributed by atoms with Crippen molar-refractivity contribution in [3.8, 4) is 0 Å². The first-order valence-electron chi connectivity index (χ1n) is 3.48. The fourth-order valence-electron chi connectivity index (χ4n) is 0.221. The molecule has 0 aromatic rings. The molecule has 0 unspecified atom stereocenters. The lowest BCUT2D eigenvalue weighted by atomic mass is 10.6. The first-order chi connectivity index (χ1) is 5.16. The summed E-state index contributed by atoms with van der Waals surface area (Å²) >= 11 is 0. The largest absolute Gasteiger partial charge is 0.383 e. The Hall–Kier alpha value is -1.19. The Labute approximate surface area is 67.8 Å². The van der Waals surface area contributed by atoms with Gasteiger partial charge < -0.3 is 5.73 Å². The lowest BCUT2D eigenvalue weighted by Crippen LogP contribution is -2.12. The van der Waals surface area contributed by atoms with Gasteiger partial charge in [-0.05, 0) is 6.92 Å². The van der Waals surface area contributed by atoms with Crippen LogP contribution in [0.2, 0.25) is 0 Å². The highest BCUT2D eigenvalue weighted by Crippen LogP contribution is 1.68. The second-order valence-corrected chi connectivity index (χ2v) is 1.49. The topological polar surface area (TPSA) is 74.6 Å². The average molecular weight is 156 g/mol. The van der Waals surface area contributed by atoms with E-state index in [1.807, 2.05) is 13.8 Å². The van der Waals surface area contributed by atoms with Crippen LogP contribution in [0.25, 0.3) is 0 Å². The molecule has 4 nitrogen and oxygen atoms in total. The summed E-state index contributed by atoms with van der Waals surface area (Å²) in [6, 6.07) is 0. The quantitative estimate of drug-likeness (QED) is 0.432. The zero-order valence-corrected chi connectivity index (χ0v) is 7.55. The van der Waals surface area contributed by atoms with E-state index in [0.29, 0.717) is 5.84 Å². The van der Waals surface area contributed by atoms with Crippen LogP contribution in [0.1, 0.15) is 20.8 Å². The Morgan fingerprint density at radius 3 is 2.18 bits per heavy atom. The highest BCUT2D eigenvalue weighted by atomic mass is 14.9. The minimum absolute atomic E-state index is 0.224. The van der Waals surface area contributed by atoms with Crippen molar-refractivity contribution in [1.29, 1.82) is 5.41 Å². The maximum atomic E-state index is 6.85. The normalized spacial score (nSPS) is 10.7. The van der Waals surface area contributed by atoms with Crippen LogP contribution in [0, 0.1) is 5.41 Å². The van der Waals surface area contributed by atoms with Crippen LogP contribution in [-0.2, 0) is 0 Å². The fourth-order valence-corrected chi connectivity index (χ4v) is 0.221. The van der Waals surface area contributed by atoms with E-state index < -0.39 is 0 Å². The Kier molecular flexibility index (Phi) is 10.00. The van der Waals surface area contributed by atoms with Crippen LogP contribution in [0.3, 0.4) is 0 Å². The number of rotatable bonds is 1. The predicted molar refractivity (Wildman–Crippen MR) is 50.8 cm³/mol. The molecule has 0 saturated carbocycles. The van der Waals surface area contributed by atoms with Gasteiger partial charge in [-0.1, -0.05) is 13.8 Å². The summed E-state index contributed by atoms with van der Waals surface area (Å²) in [5.41, 5.74) is 5.23. The minimum Gasteiger partial charge on any atom is -0.383 e. The first-order valence-corrected chi connectivity index (χ1v) is 3.48. The number of nitrogens with zero attached hydrogens (tertiary/aromatic N) is 2. The van der Waals surface area contributed by atoms with Crippen LogP contribution < -0.4 is 5.73 Å². The van der Waals surface area contributed by atoms with Gasteiger partial charge in [0.2, 0.25) is 0 Å². The first kappa shape index (κ1) is 12.5. The summed E-state index contributed by atoms with van der Waals surface area (Å²) in [4.78, 5) is 7.21. The highest BCUT2D eigenvalue weighted by molar-refractivity contribution is 6.30. The van der Waals surface area contributed by atoms with Crippen molar-refractivity contribution in [3.05, 3.63) is 0 Å². The van der Waals surface area contributed by atoms with Gasteiger partial charge in [0.25, 0.3) is 0 Å². The van der Waals surface area contributed by atoms with E-state index in [4.69, 9.17) is 11.1 Å². The van der Waals surface area contributed by atoms with Gasteiger partial charge >= 0.3 is 0 Å². The summed E-state index contributed by atoms with van der Waals surface area (Å²) in [6.45, 7) is 5.57. The molecule has 0 saturated heterocycles. The van der Waals surface area contributed by atoms with Crippen molar-refractivity contribution in [1.82, 2.24) is 0 Å². The van der Waals surface area contributed by atoms with Gasteiger partial charge in [-0.15, -0.1) is 0 Å². The third-order valence-electron chi connectivity index (χ3n) is 0.649. The third-order valence-corrected chi connectivity index (χ3v) is 0.649. The summed E-state index contributed by atoms with van der Waals surface area (Å²) in [5, 5.41) is 6.85. The zero-order chi connectivity index (χ0) is 9.28. The molecule has 0 aromatic carbocycles. The van der Waals surface area contributed by atoms with E-state index in [1.165, 1.54) is 6.21 Å². The summed E-state index contributed by atoms with van der Waals surface area (Å²) in [6.07, 6.45) is 1.35. The van der Waals surface area contributed by atoms with Gasteiger partial charge in [0.1, 0.15) is 11.7 Å². The van der Waals surface area contributed by atoms with Crippen molar-refractivity contribution in [2.24, 2.45) is 15.7 Å². The fraction of sp³-hybridized carbons (Fsp3) is 0.571. The minimum atomic E-state index is 0.224. The molecule has 0 aliphatic carbocycles. The van der Waals surface area contributed by atoms with Gasteiger partial charge in [0, 0.05) is 7.05 Å². The van der Waals surface area contributed by atoms with Crippen molar-refractivity contribution < 1.29 is 0 Å². The molecule has 0 fully saturated rings. The highest BCUT2D eigenvalue weighted by Gasteiger charge is 1.80. The second kappa shape index (κ2) is 8.81. The van der Waals surface area contributed by atoms with E-state index in [2.05, 4.69) is 9.98 Å². The Balaban J connectivity index is 0. The molecule has 64 valence electrons. The van der Waals surface area contributed by atoms with Crippen molar-refractivity contribution in [2.45, 2.75) is 20.8 Å². The number of hydrogen-bond donors (Lipinski definition) is 2. The van der Waals surface area contributed by atoms with Crippen molar-refractivity contribution in [2.75, 3.05) is 7.05 Å². The molecule has 0 aromatic heterocycles. The maximum absolute atomic E-state index is 6.85. The lowest BCUT2D eigenvalue weighted by molar-refractivity contribution is 1.41. The molecule has 0 bridgehead atoms. The van der Waals surface area contributed by atoms with Gasteiger partial charge in [-0.3, -0.25) is 10.4 Å². The third kappa shape index (κ3) is 12.1. The molecule has 0 spiro atoms. The number of amidine groups is 2. The molecule has 0 heterocycles. The van der Waals surface area contributed by atoms with Crippen molar-refractivity contribution >= 4 is 17.9 Å². The van der Waals surface area contributed by atoms with E-state index in [0.717, 1.165) is 0 Å². The van der Waals surface area contributed by atoms with E-state index >= 15 is 0 Å². The smallest absolute Gasteiger partial charge is 0.136 e. The van der Waals surface area contributed by atoms with Crippen LogP contribution in [0.4, 0.5) is 0 Å². The zero-order valence-electron chi connectivity index (χ0n) is 7.55. The van der Waals surface area contributed by atoms with E-state index in [1.54, 1.807) is 14.0 Å². The molecule has 0 radical (unpaired) electrons. The number of nitrogens with one attached hydrogen (secondary N) is 1. The summed E-state index contributed by atoms with van der Waals surface area (Å²) in [7, 11) is 1.57. The standard InChI is InChI=1S/C5H10N4.C2H6/c1-4(6)9-3-5(7)8-2;1-2/h3,6H,1-2H3,(H2,7,8);1-2H3. The summed E-state index contributed by atoms with van der Waals surface area (Å²) in [5.74, 6) is 0.559.